The first-order valence-corrected chi connectivity index (χ1v) is 9.59. The number of carbonyl (C=O) groups is 1. The van der Waals surface area contributed by atoms with Gasteiger partial charge in [-0.15, -0.1) is 0 Å². The minimum Gasteiger partial charge on any atom is -0.478 e. The number of benzene rings is 1. The maximum Gasteiger partial charge on any atom is 0.335 e. The quantitative estimate of drug-likeness (QED) is 0.832. The third kappa shape index (κ3) is 3.86. The van der Waals surface area contributed by atoms with Gasteiger partial charge in [-0.2, -0.15) is 0 Å². The van der Waals surface area contributed by atoms with Gasteiger partial charge in [-0.25, -0.2) is 21.6 Å². The molecule has 0 spiro atoms. The van der Waals surface area contributed by atoms with E-state index in [0.717, 1.165) is 6.07 Å². The van der Waals surface area contributed by atoms with E-state index in [1.807, 2.05) is 0 Å². The standard InChI is InChI=1S/C11H12ClNO6S2/c12-8-3-7(11(14)15)4-9(5-8)13-21(18,19)10-1-2-20(16,17)6-10/h3-5,10,13H,1-2,6H2,(H,14,15). The summed E-state index contributed by atoms with van der Waals surface area (Å²) in [5.41, 5.74) is -0.177. The van der Waals surface area contributed by atoms with Crippen LogP contribution in [0.1, 0.15) is 16.8 Å². The Balaban J connectivity index is 2.27. The van der Waals surface area contributed by atoms with Crippen molar-refractivity contribution < 1.29 is 26.7 Å². The zero-order valence-electron chi connectivity index (χ0n) is 10.6. The first-order valence-electron chi connectivity index (χ1n) is 5.85. The highest BCUT2D eigenvalue weighted by Gasteiger charge is 2.37. The van der Waals surface area contributed by atoms with Crippen LogP contribution >= 0.6 is 11.6 Å². The second-order valence-electron chi connectivity index (χ2n) is 4.71. The third-order valence-corrected chi connectivity index (χ3v) is 7.03. The zero-order valence-corrected chi connectivity index (χ0v) is 13.0. The molecule has 116 valence electrons. The number of rotatable bonds is 4. The first kappa shape index (κ1) is 16.1. The van der Waals surface area contributed by atoms with Gasteiger partial charge in [0.15, 0.2) is 9.84 Å². The monoisotopic (exact) mass is 353 g/mol. The van der Waals surface area contributed by atoms with Crippen molar-refractivity contribution in [1.29, 1.82) is 0 Å². The lowest BCUT2D eigenvalue weighted by molar-refractivity contribution is 0.0697. The van der Waals surface area contributed by atoms with E-state index in [1.54, 1.807) is 0 Å². The van der Waals surface area contributed by atoms with E-state index in [9.17, 15) is 21.6 Å². The van der Waals surface area contributed by atoms with Crippen LogP contribution in [0.25, 0.3) is 0 Å². The first-order chi connectivity index (χ1) is 9.59. The SMILES string of the molecule is O=C(O)c1cc(Cl)cc(NS(=O)(=O)C2CCS(=O)(=O)C2)c1. The van der Waals surface area contributed by atoms with Gasteiger partial charge in [0.25, 0.3) is 0 Å². The minimum atomic E-state index is -3.92. The number of anilines is 1. The smallest absolute Gasteiger partial charge is 0.335 e. The topological polar surface area (TPSA) is 118 Å². The molecule has 1 aromatic rings. The van der Waals surface area contributed by atoms with Crippen LogP contribution in [0.15, 0.2) is 18.2 Å². The van der Waals surface area contributed by atoms with Crippen molar-refractivity contribution in [3.63, 3.8) is 0 Å². The molecule has 1 fully saturated rings. The highest BCUT2D eigenvalue weighted by molar-refractivity contribution is 7.97. The van der Waals surface area contributed by atoms with Gasteiger partial charge in [0.1, 0.15) is 0 Å². The summed E-state index contributed by atoms with van der Waals surface area (Å²) in [4.78, 5) is 10.9. The van der Waals surface area contributed by atoms with Crippen molar-refractivity contribution in [2.24, 2.45) is 0 Å². The Hall–Kier alpha value is -1.32. The van der Waals surface area contributed by atoms with Crippen LogP contribution in [0.2, 0.25) is 5.02 Å². The van der Waals surface area contributed by atoms with Gasteiger partial charge < -0.3 is 5.11 Å². The minimum absolute atomic E-state index is 0.0100. The molecule has 0 aromatic heterocycles. The summed E-state index contributed by atoms with van der Waals surface area (Å²) in [6.45, 7) is 0. The van der Waals surface area contributed by atoms with Gasteiger partial charge >= 0.3 is 5.97 Å². The van der Waals surface area contributed by atoms with Crippen molar-refractivity contribution in [1.82, 2.24) is 0 Å². The molecule has 1 atom stereocenters. The van der Waals surface area contributed by atoms with Crippen LogP contribution in [-0.4, -0.2) is 44.7 Å². The molecule has 0 aliphatic carbocycles. The molecule has 7 nitrogen and oxygen atoms in total. The van der Waals surface area contributed by atoms with Gasteiger partial charge in [0.05, 0.1) is 28.0 Å². The van der Waals surface area contributed by atoms with Crippen molar-refractivity contribution in [2.75, 3.05) is 16.2 Å². The van der Waals surface area contributed by atoms with E-state index in [-0.39, 0.29) is 28.4 Å². The van der Waals surface area contributed by atoms with Gasteiger partial charge in [-0.1, -0.05) is 11.6 Å². The lowest BCUT2D eigenvalue weighted by Crippen LogP contribution is -2.28. The van der Waals surface area contributed by atoms with Crippen LogP contribution < -0.4 is 4.72 Å². The Morgan fingerprint density at radius 1 is 1.33 bits per heavy atom. The second kappa shape index (κ2) is 5.47. The summed E-state index contributed by atoms with van der Waals surface area (Å²) in [7, 11) is -7.26. The van der Waals surface area contributed by atoms with E-state index in [1.165, 1.54) is 12.1 Å². The lowest BCUT2D eigenvalue weighted by atomic mass is 10.2. The second-order valence-corrected chi connectivity index (χ2v) is 9.33. The number of carboxylic acids is 1. The molecule has 1 aromatic carbocycles. The molecular formula is C11H12ClNO6S2. The summed E-state index contributed by atoms with van der Waals surface area (Å²) < 4.78 is 49.1. The number of halogens is 1. The molecule has 1 saturated heterocycles. The Morgan fingerprint density at radius 2 is 2.00 bits per heavy atom. The van der Waals surface area contributed by atoms with Gasteiger partial charge in [0, 0.05) is 5.02 Å². The van der Waals surface area contributed by atoms with E-state index in [4.69, 9.17) is 16.7 Å². The highest BCUT2D eigenvalue weighted by atomic mass is 35.5. The van der Waals surface area contributed by atoms with Gasteiger partial charge in [0.2, 0.25) is 10.0 Å². The van der Waals surface area contributed by atoms with E-state index < -0.39 is 36.8 Å². The number of carboxylic acid groups (broad SMARTS) is 1. The molecule has 2 rings (SSSR count). The van der Waals surface area contributed by atoms with Crippen molar-refractivity contribution >= 4 is 43.1 Å². The molecule has 0 saturated carbocycles. The molecule has 1 aliphatic rings. The Bertz CT molecular complexity index is 787. The number of sulfonamides is 1. The van der Waals surface area contributed by atoms with Crippen LogP contribution in [0.4, 0.5) is 5.69 Å². The molecular weight excluding hydrogens is 342 g/mol. The maximum atomic E-state index is 12.1. The van der Waals surface area contributed by atoms with E-state index in [2.05, 4.69) is 4.72 Å². The largest absolute Gasteiger partial charge is 0.478 e. The average molecular weight is 354 g/mol. The molecule has 1 heterocycles. The highest BCUT2D eigenvalue weighted by Crippen LogP contribution is 2.24. The normalized spacial score (nSPS) is 21.1. The van der Waals surface area contributed by atoms with Crippen molar-refractivity contribution in [3.05, 3.63) is 28.8 Å². The molecule has 0 radical (unpaired) electrons. The zero-order chi connectivity index (χ0) is 15.8. The fraction of sp³-hybridized carbons (Fsp3) is 0.364. The van der Waals surface area contributed by atoms with Crippen molar-refractivity contribution in [2.45, 2.75) is 11.7 Å². The third-order valence-electron chi connectivity index (χ3n) is 3.03. The maximum absolute atomic E-state index is 12.1. The Kier molecular flexibility index (Phi) is 4.18. The van der Waals surface area contributed by atoms with Gasteiger partial charge in [-0.05, 0) is 24.6 Å². The number of hydrogen-bond acceptors (Lipinski definition) is 5. The summed E-state index contributed by atoms with van der Waals surface area (Å²) in [6, 6.07) is 3.56. The van der Waals surface area contributed by atoms with Crippen LogP contribution in [0, 0.1) is 0 Å². The summed E-state index contributed by atoms with van der Waals surface area (Å²) in [5.74, 6) is -1.86. The van der Waals surface area contributed by atoms with Crippen LogP contribution in [-0.2, 0) is 19.9 Å². The molecule has 1 unspecified atom stereocenters. The number of aromatic carboxylic acids is 1. The number of hydrogen-bond donors (Lipinski definition) is 2. The molecule has 0 bridgehead atoms. The molecule has 2 N–H and O–H groups in total. The van der Waals surface area contributed by atoms with E-state index in [0.29, 0.717) is 0 Å². The molecule has 0 amide bonds. The van der Waals surface area contributed by atoms with Crippen LogP contribution in [0.3, 0.4) is 0 Å². The number of sulfone groups is 1. The Morgan fingerprint density at radius 3 is 2.52 bits per heavy atom. The lowest BCUT2D eigenvalue weighted by Gasteiger charge is -2.13. The van der Waals surface area contributed by atoms with Crippen molar-refractivity contribution in [3.8, 4) is 0 Å². The summed E-state index contributed by atoms with van der Waals surface area (Å²) in [5, 5.41) is 7.91. The molecule has 1 aliphatic heterocycles. The fourth-order valence-corrected chi connectivity index (χ4v) is 6.33. The Labute approximate surface area is 126 Å². The molecule has 21 heavy (non-hydrogen) atoms. The molecule has 10 heteroatoms. The average Bonchev–Trinajstić information content (AvgIpc) is 2.69. The number of nitrogens with one attached hydrogen (secondary N) is 1. The fourth-order valence-electron chi connectivity index (χ4n) is 2.03. The van der Waals surface area contributed by atoms with E-state index >= 15 is 0 Å². The van der Waals surface area contributed by atoms with Gasteiger partial charge in [-0.3, -0.25) is 4.72 Å². The summed E-state index contributed by atoms with van der Waals surface area (Å²) >= 11 is 5.73. The summed E-state index contributed by atoms with van der Waals surface area (Å²) in [6.07, 6.45) is 0.0179. The van der Waals surface area contributed by atoms with Crippen LogP contribution in [0.5, 0.6) is 0 Å². The predicted molar refractivity (Wildman–Crippen MR) is 78.0 cm³/mol. The predicted octanol–water partition coefficient (Wildman–Crippen LogP) is 0.967.